The molecule has 4 heteroatoms. The van der Waals surface area contributed by atoms with Gasteiger partial charge < -0.3 is 20.3 Å². The summed E-state index contributed by atoms with van der Waals surface area (Å²) in [6.45, 7) is 5.96. The van der Waals surface area contributed by atoms with Crippen molar-refractivity contribution in [1.82, 2.24) is 9.80 Å². The van der Waals surface area contributed by atoms with Crippen molar-refractivity contribution in [2.45, 2.75) is 19.3 Å². The van der Waals surface area contributed by atoms with Crippen LogP contribution >= 0.6 is 0 Å². The SMILES string of the molecule is CN(C)CCCN(C)CC1(CN)CCOCC1. The largest absolute Gasteiger partial charge is 0.381 e. The van der Waals surface area contributed by atoms with Gasteiger partial charge in [0.25, 0.3) is 0 Å². The van der Waals surface area contributed by atoms with E-state index in [1.807, 2.05) is 0 Å². The Bertz CT molecular complexity index is 203. The molecule has 17 heavy (non-hydrogen) atoms. The molecule has 1 rings (SSSR count). The Hall–Kier alpha value is -0.160. The van der Waals surface area contributed by atoms with Crippen molar-refractivity contribution >= 4 is 0 Å². The molecule has 0 bridgehead atoms. The highest BCUT2D eigenvalue weighted by Gasteiger charge is 2.32. The number of nitrogens with zero attached hydrogens (tertiary/aromatic N) is 2. The number of nitrogens with two attached hydrogens (primary N) is 1. The maximum atomic E-state index is 5.97. The molecule has 1 fully saturated rings. The van der Waals surface area contributed by atoms with Crippen LogP contribution in [0.5, 0.6) is 0 Å². The molecule has 1 saturated heterocycles. The lowest BCUT2D eigenvalue weighted by molar-refractivity contribution is 0.00346. The summed E-state index contributed by atoms with van der Waals surface area (Å²) < 4.78 is 5.44. The predicted octanol–water partition coefficient (Wildman–Crippen LogP) is 0.625. The van der Waals surface area contributed by atoms with E-state index in [-0.39, 0.29) is 0 Å². The second-order valence-electron chi connectivity index (χ2n) is 5.71. The standard InChI is InChI=1S/C13H29N3O/c1-15(2)7-4-8-16(3)12-13(11-14)5-9-17-10-6-13/h4-12,14H2,1-3H3. The lowest BCUT2D eigenvalue weighted by Gasteiger charge is -2.39. The van der Waals surface area contributed by atoms with Gasteiger partial charge >= 0.3 is 0 Å². The van der Waals surface area contributed by atoms with E-state index in [1.165, 1.54) is 6.42 Å². The molecule has 0 saturated carbocycles. The van der Waals surface area contributed by atoms with Crippen LogP contribution in [-0.4, -0.2) is 70.3 Å². The zero-order valence-electron chi connectivity index (χ0n) is 11.7. The molecular weight excluding hydrogens is 214 g/mol. The van der Waals surface area contributed by atoms with Crippen LogP contribution in [0.15, 0.2) is 0 Å². The van der Waals surface area contributed by atoms with E-state index >= 15 is 0 Å². The predicted molar refractivity (Wildman–Crippen MR) is 72.2 cm³/mol. The Morgan fingerprint density at radius 3 is 2.29 bits per heavy atom. The zero-order valence-corrected chi connectivity index (χ0v) is 11.7. The van der Waals surface area contributed by atoms with E-state index < -0.39 is 0 Å². The van der Waals surface area contributed by atoms with E-state index in [0.717, 1.165) is 52.2 Å². The van der Waals surface area contributed by atoms with Crippen LogP contribution in [0.25, 0.3) is 0 Å². The van der Waals surface area contributed by atoms with Gasteiger partial charge in [-0.15, -0.1) is 0 Å². The fraction of sp³-hybridized carbons (Fsp3) is 1.00. The van der Waals surface area contributed by atoms with Gasteiger partial charge in [0.15, 0.2) is 0 Å². The number of ether oxygens (including phenoxy) is 1. The van der Waals surface area contributed by atoms with Crippen molar-refractivity contribution in [3.05, 3.63) is 0 Å². The van der Waals surface area contributed by atoms with Crippen LogP contribution in [0.4, 0.5) is 0 Å². The highest BCUT2D eigenvalue weighted by molar-refractivity contribution is 4.85. The Morgan fingerprint density at radius 1 is 1.12 bits per heavy atom. The minimum Gasteiger partial charge on any atom is -0.381 e. The Kier molecular flexibility index (Phi) is 6.41. The van der Waals surface area contributed by atoms with Crippen molar-refractivity contribution in [3.63, 3.8) is 0 Å². The Morgan fingerprint density at radius 2 is 1.76 bits per heavy atom. The Labute approximate surface area is 106 Å². The van der Waals surface area contributed by atoms with Crippen LogP contribution in [0.2, 0.25) is 0 Å². The second-order valence-corrected chi connectivity index (χ2v) is 5.71. The van der Waals surface area contributed by atoms with E-state index in [0.29, 0.717) is 5.41 Å². The summed E-state index contributed by atoms with van der Waals surface area (Å²) in [5.74, 6) is 0. The highest BCUT2D eigenvalue weighted by atomic mass is 16.5. The van der Waals surface area contributed by atoms with Crippen LogP contribution in [0.1, 0.15) is 19.3 Å². The first-order valence-corrected chi connectivity index (χ1v) is 6.69. The summed E-state index contributed by atoms with van der Waals surface area (Å²) in [5.41, 5.74) is 6.27. The smallest absolute Gasteiger partial charge is 0.0472 e. The molecule has 0 spiro atoms. The average molecular weight is 243 g/mol. The summed E-state index contributed by atoms with van der Waals surface area (Å²) in [5, 5.41) is 0. The molecule has 2 N–H and O–H groups in total. The van der Waals surface area contributed by atoms with Crippen molar-refractivity contribution in [1.29, 1.82) is 0 Å². The molecule has 0 atom stereocenters. The lowest BCUT2D eigenvalue weighted by Crippen LogP contribution is -2.45. The molecule has 0 amide bonds. The van der Waals surface area contributed by atoms with Crippen molar-refractivity contribution in [3.8, 4) is 0 Å². The fourth-order valence-electron chi connectivity index (χ4n) is 2.54. The van der Waals surface area contributed by atoms with Crippen LogP contribution in [0, 0.1) is 5.41 Å². The molecule has 0 unspecified atom stereocenters. The van der Waals surface area contributed by atoms with Crippen molar-refractivity contribution in [2.75, 3.05) is 60.5 Å². The first-order valence-electron chi connectivity index (χ1n) is 6.69. The van der Waals surface area contributed by atoms with Crippen LogP contribution < -0.4 is 5.73 Å². The molecule has 0 aromatic carbocycles. The minimum atomic E-state index is 0.297. The van der Waals surface area contributed by atoms with Gasteiger partial charge in [-0.2, -0.15) is 0 Å². The maximum Gasteiger partial charge on any atom is 0.0472 e. The van der Waals surface area contributed by atoms with E-state index in [2.05, 4.69) is 30.9 Å². The van der Waals surface area contributed by atoms with Crippen molar-refractivity contribution in [2.24, 2.45) is 11.1 Å². The molecule has 4 nitrogen and oxygen atoms in total. The van der Waals surface area contributed by atoms with Gasteiger partial charge in [-0.05, 0) is 65.5 Å². The summed E-state index contributed by atoms with van der Waals surface area (Å²) in [4.78, 5) is 4.67. The summed E-state index contributed by atoms with van der Waals surface area (Å²) in [6, 6.07) is 0. The zero-order chi connectivity index (χ0) is 12.7. The number of hydrogen-bond acceptors (Lipinski definition) is 4. The second kappa shape index (κ2) is 7.31. The third-order valence-electron chi connectivity index (χ3n) is 3.74. The minimum absolute atomic E-state index is 0.297. The maximum absolute atomic E-state index is 5.97. The molecule has 1 aliphatic rings. The summed E-state index contributed by atoms with van der Waals surface area (Å²) in [6.07, 6.45) is 3.45. The molecule has 0 aromatic heterocycles. The van der Waals surface area contributed by atoms with Gasteiger partial charge in [0, 0.05) is 19.8 Å². The first kappa shape index (κ1) is 14.9. The Balaban J connectivity index is 2.29. The lowest BCUT2D eigenvalue weighted by atomic mass is 9.80. The van der Waals surface area contributed by atoms with Gasteiger partial charge in [-0.1, -0.05) is 0 Å². The quantitative estimate of drug-likeness (QED) is 0.712. The van der Waals surface area contributed by atoms with Gasteiger partial charge in [-0.3, -0.25) is 0 Å². The molecular formula is C13H29N3O. The molecule has 102 valence electrons. The first-order chi connectivity index (χ1) is 8.08. The summed E-state index contributed by atoms with van der Waals surface area (Å²) >= 11 is 0. The van der Waals surface area contributed by atoms with Gasteiger partial charge in [0.05, 0.1) is 0 Å². The van der Waals surface area contributed by atoms with E-state index in [1.54, 1.807) is 0 Å². The normalized spacial score (nSPS) is 20.1. The molecule has 0 radical (unpaired) electrons. The topological polar surface area (TPSA) is 41.7 Å². The third kappa shape index (κ3) is 5.34. The van der Waals surface area contributed by atoms with Crippen LogP contribution in [0.3, 0.4) is 0 Å². The summed E-state index contributed by atoms with van der Waals surface area (Å²) in [7, 11) is 6.46. The number of hydrogen-bond donors (Lipinski definition) is 1. The molecule has 0 aliphatic carbocycles. The van der Waals surface area contributed by atoms with Crippen molar-refractivity contribution < 1.29 is 4.74 Å². The third-order valence-corrected chi connectivity index (χ3v) is 3.74. The van der Waals surface area contributed by atoms with E-state index in [9.17, 15) is 0 Å². The fourth-order valence-corrected chi connectivity index (χ4v) is 2.54. The average Bonchev–Trinajstić information content (AvgIpc) is 2.29. The monoisotopic (exact) mass is 243 g/mol. The molecule has 1 aliphatic heterocycles. The van der Waals surface area contributed by atoms with Crippen LogP contribution in [-0.2, 0) is 4.74 Å². The molecule has 0 aromatic rings. The van der Waals surface area contributed by atoms with Gasteiger partial charge in [0.1, 0.15) is 0 Å². The van der Waals surface area contributed by atoms with E-state index in [4.69, 9.17) is 10.5 Å². The molecule has 1 heterocycles. The van der Waals surface area contributed by atoms with Gasteiger partial charge in [0.2, 0.25) is 0 Å². The number of rotatable bonds is 7. The highest BCUT2D eigenvalue weighted by Crippen LogP contribution is 2.29. The van der Waals surface area contributed by atoms with Gasteiger partial charge in [-0.25, -0.2) is 0 Å².